The molecule has 0 spiro atoms. The minimum Gasteiger partial charge on any atom is -0.481 e. The van der Waals surface area contributed by atoms with Crippen molar-refractivity contribution < 1.29 is 24.2 Å². The number of carbonyl (C=O) groups excluding carboxylic acids is 2. The third-order valence-corrected chi connectivity index (χ3v) is 1.52. The van der Waals surface area contributed by atoms with Gasteiger partial charge in [0.15, 0.2) is 0 Å². The first kappa shape index (κ1) is 12.6. The Hall–Kier alpha value is -1.39. The molecular formula is C9H14O5. The average Bonchev–Trinajstić information content (AvgIpc) is 2.14. The minimum atomic E-state index is -1.10. The average molecular weight is 202 g/mol. The zero-order valence-corrected chi connectivity index (χ0v) is 8.12. The van der Waals surface area contributed by atoms with Crippen molar-refractivity contribution >= 4 is 17.7 Å². The fraction of sp³-hybridized carbons (Fsp3) is 0.667. The van der Waals surface area contributed by atoms with E-state index in [0.717, 1.165) is 6.42 Å². The number of aliphatic carboxylic acids is 1. The predicted octanol–water partition coefficient (Wildman–Crippen LogP) is 0.764. The Bertz CT molecular complexity index is 221. The van der Waals surface area contributed by atoms with E-state index in [0.29, 0.717) is 6.42 Å². The predicted molar refractivity (Wildman–Crippen MR) is 47.7 cm³/mol. The molecule has 0 saturated heterocycles. The number of carbonyl (C=O) groups is 3. The summed E-state index contributed by atoms with van der Waals surface area (Å²) in [6, 6.07) is 0. The summed E-state index contributed by atoms with van der Waals surface area (Å²) in [6.07, 6.45) is 0.955. The van der Waals surface area contributed by atoms with Gasteiger partial charge in [-0.3, -0.25) is 9.59 Å². The number of hydrogen-bond donors (Lipinski definition) is 1. The zero-order valence-electron chi connectivity index (χ0n) is 8.12. The molecule has 0 aliphatic heterocycles. The van der Waals surface area contributed by atoms with Crippen molar-refractivity contribution in [1.82, 2.24) is 0 Å². The van der Waals surface area contributed by atoms with Gasteiger partial charge in [-0.05, 0) is 6.42 Å². The molecule has 1 N–H and O–H groups in total. The summed E-state index contributed by atoms with van der Waals surface area (Å²) < 4.78 is 4.60. The Balaban J connectivity index is 3.65. The van der Waals surface area contributed by atoms with Crippen molar-refractivity contribution in [3.05, 3.63) is 0 Å². The second-order valence-corrected chi connectivity index (χ2v) is 2.81. The van der Waals surface area contributed by atoms with Gasteiger partial charge >= 0.3 is 11.9 Å². The third-order valence-electron chi connectivity index (χ3n) is 1.52. The molecule has 0 heterocycles. The molecule has 0 radical (unpaired) electrons. The molecule has 0 atom stereocenters. The Kier molecular flexibility index (Phi) is 6.36. The second kappa shape index (κ2) is 7.06. The van der Waals surface area contributed by atoms with Crippen molar-refractivity contribution in [3.63, 3.8) is 0 Å². The van der Waals surface area contributed by atoms with Crippen LogP contribution >= 0.6 is 0 Å². The van der Waals surface area contributed by atoms with Gasteiger partial charge in [0.2, 0.25) is 5.78 Å². The molecule has 0 aliphatic carbocycles. The lowest BCUT2D eigenvalue weighted by Gasteiger charge is -2.01. The van der Waals surface area contributed by atoms with Crippen LogP contribution < -0.4 is 0 Å². The summed E-state index contributed by atoms with van der Waals surface area (Å²) in [4.78, 5) is 31.9. The number of ketones is 1. The van der Waals surface area contributed by atoms with Gasteiger partial charge in [0.05, 0.1) is 13.0 Å². The molecule has 0 rings (SSSR count). The van der Waals surface area contributed by atoms with Gasteiger partial charge in [0.25, 0.3) is 0 Å². The van der Waals surface area contributed by atoms with Crippen molar-refractivity contribution in [2.24, 2.45) is 0 Å². The molecule has 0 aromatic heterocycles. The highest BCUT2D eigenvalue weighted by molar-refractivity contribution is 6.33. The molecular weight excluding hydrogens is 188 g/mol. The number of ether oxygens (including phenoxy) is 1. The molecule has 0 fully saturated rings. The van der Waals surface area contributed by atoms with E-state index < -0.39 is 17.7 Å². The number of Topliss-reactive ketones (excluding diaryl/α,β-unsaturated/α-hetero) is 1. The number of rotatable bonds is 7. The van der Waals surface area contributed by atoms with Gasteiger partial charge in [-0.15, -0.1) is 0 Å². The maximum absolute atomic E-state index is 10.9. The molecule has 80 valence electrons. The van der Waals surface area contributed by atoms with Gasteiger partial charge < -0.3 is 9.84 Å². The molecule has 0 aliphatic rings. The van der Waals surface area contributed by atoms with Gasteiger partial charge in [-0.2, -0.15) is 0 Å². The van der Waals surface area contributed by atoms with Crippen molar-refractivity contribution in [2.45, 2.75) is 32.6 Å². The highest BCUT2D eigenvalue weighted by Gasteiger charge is 2.15. The molecule has 0 unspecified atom stereocenters. The number of hydrogen-bond acceptors (Lipinski definition) is 4. The van der Waals surface area contributed by atoms with Crippen LogP contribution in [0.25, 0.3) is 0 Å². The van der Waals surface area contributed by atoms with Crippen LogP contribution in [0.1, 0.15) is 32.6 Å². The first-order valence-electron chi connectivity index (χ1n) is 4.49. The Morgan fingerprint density at radius 2 is 1.86 bits per heavy atom. The lowest BCUT2D eigenvalue weighted by atomic mass is 10.2. The number of carboxylic acids is 1. The normalized spacial score (nSPS) is 9.50. The molecule has 0 amide bonds. The van der Waals surface area contributed by atoms with Gasteiger partial charge in [-0.1, -0.05) is 13.3 Å². The maximum Gasteiger partial charge on any atom is 0.374 e. The van der Waals surface area contributed by atoms with Crippen LogP contribution in [0.15, 0.2) is 0 Å². The van der Waals surface area contributed by atoms with E-state index in [1.807, 2.05) is 6.92 Å². The maximum atomic E-state index is 10.9. The van der Waals surface area contributed by atoms with E-state index in [9.17, 15) is 14.4 Å². The van der Waals surface area contributed by atoms with Crippen LogP contribution in [0.2, 0.25) is 0 Å². The summed E-state index contributed by atoms with van der Waals surface area (Å²) in [7, 11) is 0. The molecule has 5 heteroatoms. The summed E-state index contributed by atoms with van der Waals surface area (Å²) in [5.74, 6) is -2.80. The Morgan fingerprint density at radius 3 is 2.36 bits per heavy atom. The molecule has 0 aromatic carbocycles. The smallest absolute Gasteiger partial charge is 0.374 e. The fourth-order valence-electron chi connectivity index (χ4n) is 0.712. The summed E-state index contributed by atoms with van der Waals surface area (Å²) >= 11 is 0. The van der Waals surface area contributed by atoms with E-state index in [1.165, 1.54) is 0 Å². The second-order valence-electron chi connectivity index (χ2n) is 2.81. The van der Waals surface area contributed by atoms with Crippen LogP contribution in [-0.4, -0.2) is 29.4 Å². The lowest BCUT2D eigenvalue weighted by molar-refractivity contribution is -0.154. The van der Waals surface area contributed by atoms with E-state index in [-0.39, 0.29) is 19.4 Å². The van der Waals surface area contributed by atoms with Gasteiger partial charge in [0, 0.05) is 6.42 Å². The van der Waals surface area contributed by atoms with Crippen molar-refractivity contribution in [2.75, 3.05) is 6.61 Å². The van der Waals surface area contributed by atoms with Crippen molar-refractivity contribution in [3.8, 4) is 0 Å². The molecule has 5 nitrogen and oxygen atoms in total. The standard InChI is InChI=1S/C9H14O5/c1-2-3-6-14-9(13)7(10)4-5-8(11)12/h2-6H2,1H3,(H,11,12). The number of esters is 1. The van der Waals surface area contributed by atoms with Gasteiger partial charge in [0.1, 0.15) is 0 Å². The topological polar surface area (TPSA) is 80.7 Å². The zero-order chi connectivity index (χ0) is 11.0. The highest BCUT2D eigenvalue weighted by Crippen LogP contribution is 1.95. The first-order chi connectivity index (χ1) is 6.57. The molecule has 14 heavy (non-hydrogen) atoms. The third kappa shape index (κ3) is 6.16. The van der Waals surface area contributed by atoms with E-state index in [4.69, 9.17) is 5.11 Å². The molecule has 0 aromatic rings. The first-order valence-corrected chi connectivity index (χ1v) is 4.49. The number of unbranched alkanes of at least 4 members (excludes halogenated alkanes) is 1. The minimum absolute atomic E-state index is 0.216. The van der Waals surface area contributed by atoms with Crippen LogP contribution in [0, 0.1) is 0 Å². The molecule has 0 saturated carbocycles. The summed E-state index contributed by atoms with van der Waals surface area (Å²) in [5.41, 5.74) is 0. The van der Waals surface area contributed by atoms with E-state index >= 15 is 0 Å². The highest BCUT2D eigenvalue weighted by atomic mass is 16.5. The molecule has 0 bridgehead atoms. The van der Waals surface area contributed by atoms with Crippen LogP contribution in [0.4, 0.5) is 0 Å². The SMILES string of the molecule is CCCCOC(=O)C(=O)CCC(=O)O. The Labute approximate surface area is 82.1 Å². The largest absolute Gasteiger partial charge is 0.481 e. The Morgan fingerprint density at radius 1 is 1.21 bits per heavy atom. The van der Waals surface area contributed by atoms with E-state index in [2.05, 4.69) is 4.74 Å². The van der Waals surface area contributed by atoms with Crippen LogP contribution in [-0.2, 0) is 19.1 Å². The monoisotopic (exact) mass is 202 g/mol. The van der Waals surface area contributed by atoms with Gasteiger partial charge in [-0.25, -0.2) is 4.79 Å². The number of carboxylic acid groups (broad SMARTS) is 1. The summed E-state index contributed by atoms with van der Waals surface area (Å²) in [5, 5.41) is 8.25. The van der Waals surface area contributed by atoms with E-state index in [1.54, 1.807) is 0 Å². The fourth-order valence-corrected chi connectivity index (χ4v) is 0.712. The summed E-state index contributed by atoms with van der Waals surface area (Å²) in [6.45, 7) is 2.15. The lowest BCUT2D eigenvalue weighted by Crippen LogP contribution is -2.18. The quantitative estimate of drug-likeness (QED) is 0.374. The van der Waals surface area contributed by atoms with Crippen LogP contribution in [0.3, 0.4) is 0 Å². The van der Waals surface area contributed by atoms with Crippen molar-refractivity contribution in [1.29, 1.82) is 0 Å². The van der Waals surface area contributed by atoms with Crippen LogP contribution in [0.5, 0.6) is 0 Å².